The molecule has 19 heavy (non-hydrogen) atoms. The molecule has 1 aromatic heterocycles. The Hall–Kier alpha value is -1.65. The summed E-state index contributed by atoms with van der Waals surface area (Å²) in [5.41, 5.74) is 1.81. The Morgan fingerprint density at radius 2 is 1.79 bits per heavy atom. The van der Waals surface area contributed by atoms with E-state index in [1.165, 1.54) is 0 Å². The van der Waals surface area contributed by atoms with Gasteiger partial charge in [0, 0.05) is 18.7 Å². The second-order valence-electron chi connectivity index (χ2n) is 4.37. The summed E-state index contributed by atoms with van der Waals surface area (Å²) in [5, 5.41) is 9.17. The third kappa shape index (κ3) is 2.69. The van der Waals surface area contributed by atoms with Crippen molar-refractivity contribution in [3.05, 3.63) is 41.4 Å². The maximum absolute atomic E-state index is 6.33. The quantitative estimate of drug-likeness (QED) is 0.844. The molecule has 1 aliphatic rings. The van der Waals surface area contributed by atoms with Crippen LogP contribution in [0.5, 0.6) is 0 Å². The van der Waals surface area contributed by atoms with Crippen molar-refractivity contribution in [1.29, 1.82) is 0 Å². The molecule has 1 aliphatic heterocycles. The first-order valence-corrected chi connectivity index (χ1v) is 6.64. The lowest BCUT2D eigenvalue weighted by Crippen LogP contribution is -2.37. The van der Waals surface area contributed by atoms with Crippen LogP contribution in [0.4, 0.5) is 5.82 Å². The Morgan fingerprint density at radius 1 is 1.05 bits per heavy atom. The minimum absolute atomic E-state index is 0.635. The smallest absolute Gasteiger partial charge is 0.170 e. The van der Waals surface area contributed by atoms with Crippen LogP contribution in [0.1, 0.15) is 0 Å². The molecule has 1 aromatic carbocycles. The average molecular weight is 276 g/mol. The van der Waals surface area contributed by atoms with Gasteiger partial charge >= 0.3 is 0 Å². The molecule has 0 atom stereocenters. The molecule has 98 valence electrons. The molecule has 5 heteroatoms. The van der Waals surface area contributed by atoms with Gasteiger partial charge in [-0.15, -0.1) is 10.2 Å². The van der Waals surface area contributed by atoms with Crippen LogP contribution in [0.2, 0.25) is 5.02 Å². The summed E-state index contributed by atoms with van der Waals surface area (Å²) in [7, 11) is 0. The maximum Gasteiger partial charge on any atom is 0.170 e. The van der Waals surface area contributed by atoms with Gasteiger partial charge < -0.3 is 9.64 Å². The van der Waals surface area contributed by atoms with Crippen LogP contribution < -0.4 is 4.90 Å². The van der Waals surface area contributed by atoms with Crippen LogP contribution in [0, 0.1) is 0 Å². The third-order valence-corrected chi connectivity index (χ3v) is 3.39. The van der Waals surface area contributed by atoms with Gasteiger partial charge in [-0.25, -0.2) is 0 Å². The number of aromatic nitrogens is 2. The number of nitrogens with zero attached hydrogens (tertiary/aromatic N) is 3. The van der Waals surface area contributed by atoms with Gasteiger partial charge in [0.2, 0.25) is 0 Å². The number of hydrogen-bond donors (Lipinski definition) is 0. The van der Waals surface area contributed by atoms with E-state index >= 15 is 0 Å². The first-order chi connectivity index (χ1) is 9.34. The van der Waals surface area contributed by atoms with Crippen LogP contribution in [-0.2, 0) is 4.74 Å². The van der Waals surface area contributed by atoms with E-state index in [0.29, 0.717) is 18.2 Å². The van der Waals surface area contributed by atoms with Crippen molar-refractivity contribution < 1.29 is 4.74 Å². The van der Waals surface area contributed by atoms with Gasteiger partial charge in [-0.1, -0.05) is 41.9 Å². The van der Waals surface area contributed by atoms with E-state index in [9.17, 15) is 0 Å². The fourth-order valence-electron chi connectivity index (χ4n) is 2.10. The van der Waals surface area contributed by atoms with Crippen LogP contribution in [-0.4, -0.2) is 36.5 Å². The highest BCUT2D eigenvalue weighted by atomic mass is 35.5. The zero-order valence-corrected chi connectivity index (χ0v) is 11.2. The summed E-state index contributed by atoms with van der Waals surface area (Å²) in [4.78, 5) is 2.10. The average Bonchev–Trinajstić information content (AvgIpc) is 2.49. The number of morpholine rings is 1. The Labute approximate surface area is 117 Å². The van der Waals surface area contributed by atoms with Crippen molar-refractivity contribution >= 4 is 17.4 Å². The van der Waals surface area contributed by atoms with Crippen molar-refractivity contribution in [2.75, 3.05) is 31.2 Å². The molecule has 0 saturated carbocycles. The number of benzene rings is 1. The first kappa shape index (κ1) is 12.4. The normalized spacial score (nSPS) is 15.5. The van der Waals surface area contributed by atoms with E-state index in [1.807, 2.05) is 36.4 Å². The van der Waals surface area contributed by atoms with Crippen molar-refractivity contribution in [1.82, 2.24) is 10.2 Å². The topological polar surface area (TPSA) is 38.2 Å². The molecular weight excluding hydrogens is 262 g/mol. The van der Waals surface area contributed by atoms with E-state index in [1.54, 1.807) is 0 Å². The molecule has 1 fully saturated rings. The second-order valence-corrected chi connectivity index (χ2v) is 4.77. The molecule has 0 radical (unpaired) electrons. The number of halogens is 1. The zero-order valence-electron chi connectivity index (χ0n) is 10.4. The van der Waals surface area contributed by atoms with E-state index in [2.05, 4.69) is 15.1 Å². The predicted octanol–water partition coefficient (Wildman–Crippen LogP) is 2.63. The van der Waals surface area contributed by atoms with Crippen LogP contribution in [0.15, 0.2) is 36.4 Å². The predicted molar refractivity (Wildman–Crippen MR) is 75.5 cm³/mol. The number of ether oxygens (including phenoxy) is 1. The molecule has 0 spiro atoms. The summed E-state index contributed by atoms with van der Waals surface area (Å²) in [6.07, 6.45) is 0. The Bertz CT molecular complexity index is 556. The van der Waals surface area contributed by atoms with Crippen LogP contribution in [0.25, 0.3) is 11.3 Å². The molecule has 0 aliphatic carbocycles. The molecule has 2 heterocycles. The lowest BCUT2D eigenvalue weighted by Gasteiger charge is -2.28. The summed E-state index contributed by atoms with van der Waals surface area (Å²) in [5.74, 6) is 0.740. The molecule has 1 saturated heterocycles. The van der Waals surface area contributed by atoms with Crippen molar-refractivity contribution in [3.8, 4) is 11.3 Å². The number of anilines is 1. The Balaban J connectivity index is 1.89. The zero-order chi connectivity index (χ0) is 13.1. The second kappa shape index (κ2) is 5.55. The van der Waals surface area contributed by atoms with E-state index < -0.39 is 0 Å². The molecule has 0 bridgehead atoms. The highest BCUT2D eigenvalue weighted by Gasteiger charge is 2.16. The van der Waals surface area contributed by atoms with E-state index in [0.717, 1.165) is 30.2 Å². The van der Waals surface area contributed by atoms with Crippen molar-refractivity contribution in [2.45, 2.75) is 0 Å². The van der Waals surface area contributed by atoms with Crippen molar-refractivity contribution in [2.24, 2.45) is 0 Å². The standard InChI is InChI=1S/C14H14ClN3O/c15-12-10-13(11-4-2-1-3-5-11)16-17-14(12)18-6-8-19-9-7-18/h1-5,10H,6-9H2. The lowest BCUT2D eigenvalue weighted by atomic mass is 10.1. The molecule has 2 aromatic rings. The van der Waals surface area contributed by atoms with Gasteiger partial charge in [-0.05, 0) is 6.07 Å². The first-order valence-electron chi connectivity index (χ1n) is 6.26. The van der Waals surface area contributed by atoms with Gasteiger partial charge in [-0.2, -0.15) is 0 Å². The monoisotopic (exact) mass is 275 g/mol. The molecule has 3 rings (SSSR count). The molecule has 0 unspecified atom stereocenters. The van der Waals surface area contributed by atoms with Gasteiger partial charge in [-0.3, -0.25) is 0 Å². The fourth-order valence-corrected chi connectivity index (χ4v) is 2.36. The van der Waals surface area contributed by atoms with Crippen LogP contribution >= 0.6 is 11.6 Å². The van der Waals surface area contributed by atoms with Gasteiger partial charge in [0.25, 0.3) is 0 Å². The minimum Gasteiger partial charge on any atom is -0.378 e. The fraction of sp³-hybridized carbons (Fsp3) is 0.286. The third-order valence-electron chi connectivity index (χ3n) is 3.11. The molecule has 0 N–H and O–H groups in total. The van der Waals surface area contributed by atoms with Crippen LogP contribution in [0.3, 0.4) is 0 Å². The molecular formula is C14H14ClN3O. The summed E-state index contributed by atoms with van der Waals surface area (Å²) >= 11 is 6.33. The van der Waals surface area contributed by atoms with Gasteiger partial charge in [0.05, 0.1) is 23.9 Å². The summed E-state index contributed by atoms with van der Waals surface area (Å²) in [6.45, 7) is 3.02. The highest BCUT2D eigenvalue weighted by Crippen LogP contribution is 2.27. The highest BCUT2D eigenvalue weighted by molar-refractivity contribution is 6.33. The maximum atomic E-state index is 6.33. The minimum atomic E-state index is 0.635. The van der Waals surface area contributed by atoms with Gasteiger partial charge in [0.1, 0.15) is 0 Å². The SMILES string of the molecule is Clc1cc(-c2ccccc2)nnc1N1CCOCC1. The number of rotatable bonds is 2. The van der Waals surface area contributed by atoms with Gasteiger partial charge in [0.15, 0.2) is 5.82 Å². The van der Waals surface area contributed by atoms with E-state index in [4.69, 9.17) is 16.3 Å². The Morgan fingerprint density at radius 3 is 2.47 bits per heavy atom. The largest absolute Gasteiger partial charge is 0.378 e. The Kier molecular flexibility index (Phi) is 3.62. The lowest BCUT2D eigenvalue weighted by molar-refractivity contribution is 0.122. The van der Waals surface area contributed by atoms with E-state index in [-0.39, 0.29) is 0 Å². The summed E-state index contributed by atoms with van der Waals surface area (Å²) < 4.78 is 5.32. The number of hydrogen-bond acceptors (Lipinski definition) is 4. The van der Waals surface area contributed by atoms with Crippen molar-refractivity contribution in [3.63, 3.8) is 0 Å². The summed E-state index contributed by atoms with van der Waals surface area (Å²) in [6, 6.07) is 11.8. The molecule has 4 nitrogen and oxygen atoms in total. The molecule has 0 amide bonds.